The van der Waals surface area contributed by atoms with Gasteiger partial charge in [-0.1, -0.05) is 55.8 Å². The first-order valence-corrected chi connectivity index (χ1v) is 10.9. The van der Waals surface area contributed by atoms with Gasteiger partial charge in [-0.15, -0.1) is 0 Å². The van der Waals surface area contributed by atoms with Crippen LogP contribution in [0.4, 0.5) is 0 Å². The van der Waals surface area contributed by atoms with Gasteiger partial charge in [0.1, 0.15) is 11.4 Å². The second-order valence-electron chi connectivity index (χ2n) is 6.18. The average molecular weight is 376 g/mol. The Kier molecular flexibility index (Phi) is 7.89. The fraction of sp³-hybridized carbons (Fsp3) is 0.429. The lowest BCUT2D eigenvalue weighted by Gasteiger charge is -2.27. The van der Waals surface area contributed by atoms with Crippen molar-refractivity contribution in [2.24, 2.45) is 0 Å². The third-order valence-electron chi connectivity index (χ3n) is 4.28. The predicted octanol–water partition coefficient (Wildman–Crippen LogP) is 6.09. The molecule has 0 aliphatic rings. The predicted molar refractivity (Wildman–Crippen MR) is 106 cm³/mol. The Morgan fingerprint density at radius 1 is 0.962 bits per heavy atom. The van der Waals surface area contributed by atoms with Gasteiger partial charge in [0, 0.05) is 5.56 Å². The third-order valence-corrected chi connectivity index (χ3v) is 6.73. The van der Waals surface area contributed by atoms with Crippen LogP contribution in [-0.4, -0.2) is 18.3 Å². The molecule has 26 heavy (non-hydrogen) atoms. The van der Waals surface area contributed by atoms with Crippen LogP contribution in [0, 0.1) is 0 Å². The number of hydrogen-bond acceptors (Lipinski definition) is 4. The highest BCUT2D eigenvalue weighted by Crippen LogP contribution is 2.64. The molecule has 0 radical (unpaired) electrons. The van der Waals surface area contributed by atoms with E-state index in [1.54, 1.807) is 32.0 Å². The SMILES string of the molecule is CCCCc1ccc(C(c2ccccc2O)P(=O)(OCC)OCC)cc1. The van der Waals surface area contributed by atoms with E-state index in [0.29, 0.717) is 5.56 Å². The number of unbranched alkanes of at least 4 members (excludes halogenated alkanes) is 1. The van der Waals surface area contributed by atoms with Gasteiger partial charge >= 0.3 is 7.60 Å². The summed E-state index contributed by atoms with van der Waals surface area (Å²) in [5.41, 5.74) is 1.95. The maximum absolute atomic E-state index is 13.6. The summed E-state index contributed by atoms with van der Waals surface area (Å²) in [5, 5.41) is 10.4. The van der Waals surface area contributed by atoms with Crippen molar-refractivity contribution in [3.05, 3.63) is 65.2 Å². The summed E-state index contributed by atoms with van der Waals surface area (Å²) in [7, 11) is -3.50. The quantitative estimate of drug-likeness (QED) is 0.510. The molecule has 0 bridgehead atoms. The zero-order valence-electron chi connectivity index (χ0n) is 15.9. The second kappa shape index (κ2) is 9.91. The van der Waals surface area contributed by atoms with Crippen LogP contribution in [0.5, 0.6) is 5.75 Å². The lowest BCUT2D eigenvalue weighted by atomic mass is 10.0. The number of aromatic hydroxyl groups is 1. The van der Waals surface area contributed by atoms with Crippen molar-refractivity contribution in [1.82, 2.24) is 0 Å². The van der Waals surface area contributed by atoms with Gasteiger partial charge in [0.05, 0.1) is 13.2 Å². The normalized spacial score (nSPS) is 12.9. The minimum Gasteiger partial charge on any atom is -0.508 e. The van der Waals surface area contributed by atoms with Crippen LogP contribution in [0.1, 0.15) is 56.0 Å². The number of rotatable bonds is 10. The molecule has 0 spiro atoms. The van der Waals surface area contributed by atoms with Crippen molar-refractivity contribution >= 4 is 7.60 Å². The summed E-state index contributed by atoms with van der Waals surface area (Å²) >= 11 is 0. The molecular weight excluding hydrogens is 347 g/mol. The van der Waals surface area contributed by atoms with Crippen molar-refractivity contribution in [3.8, 4) is 5.75 Å². The number of benzene rings is 2. The molecule has 2 rings (SSSR count). The van der Waals surface area contributed by atoms with Gasteiger partial charge in [-0.25, -0.2) is 0 Å². The monoisotopic (exact) mass is 376 g/mol. The van der Waals surface area contributed by atoms with E-state index in [9.17, 15) is 9.67 Å². The molecule has 4 nitrogen and oxygen atoms in total. The molecule has 142 valence electrons. The molecule has 0 heterocycles. The van der Waals surface area contributed by atoms with Crippen molar-refractivity contribution in [2.75, 3.05) is 13.2 Å². The van der Waals surface area contributed by atoms with E-state index < -0.39 is 13.3 Å². The number of phenols is 1. The molecule has 0 fully saturated rings. The summed E-state index contributed by atoms with van der Waals surface area (Å²) in [4.78, 5) is 0. The third kappa shape index (κ3) is 4.97. The molecule has 0 saturated heterocycles. The van der Waals surface area contributed by atoms with E-state index in [4.69, 9.17) is 9.05 Å². The van der Waals surface area contributed by atoms with Crippen LogP contribution in [0.25, 0.3) is 0 Å². The smallest absolute Gasteiger partial charge is 0.342 e. The van der Waals surface area contributed by atoms with Crippen molar-refractivity contribution < 1.29 is 18.7 Å². The van der Waals surface area contributed by atoms with Crippen molar-refractivity contribution in [2.45, 2.75) is 45.7 Å². The van der Waals surface area contributed by atoms with Crippen LogP contribution in [0.3, 0.4) is 0 Å². The van der Waals surface area contributed by atoms with Gasteiger partial charge in [0.15, 0.2) is 0 Å². The highest BCUT2D eigenvalue weighted by Gasteiger charge is 2.39. The summed E-state index contributed by atoms with van der Waals surface area (Å²) in [6.07, 6.45) is 3.30. The Morgan fingerprint density at radius 3 is 2.12 bits per heavy atom. The lowest BCUT2D eigenvalue weighted by molar-refractivity contribution is 0.214. The molecule has 0 aliphatic carbocycles. The highest BCUT2D eigenvalue weighted by molar-refractivity contribution is 7.54. The molecule has 0 amide bonds. The average Bonchev–Trinajstić information content (AvgIpc) is 2.63. The van der Waals surface area contributed by atoms with Crippen LogP contribution in [0.2, 0.25) is 0 Å². The summed E-state index contributed by atoms with van der Waals surface area (Å²) in [5.74, 6) is 0.0900. The van der Waals surface area contributed by atoms with Crippen molar-refractivity contribution in [1.29, 1.82) is 0 Å². The van der Waals surface area contributed by atoms with E-state index in [0.717, 1.165) is 24.8 Å². The minimum absolute atomic E-state index is 0.0900. The molecule has 0 aliphatic heterocycles. The molecule has 0 saturated carbocycles. The van der Waals surface area contributed by atoms with E-state index >= 15 is 0 Å². The molecule has 1 atom stereocenters. The van der Waals surface area contributed by atoms with Gasteiger partial charge in [-0.2, -0.15) is 0 Å². The maximum atomic E-state index is 13.6. The zero-order valence-corrected chi connectivity index (χ0v) is 16.7. The van der Waals surface area contributed by atoms with E-state index in [1.807, 2.05) is 18.2 Å². The Morgan fingerprint density at radius 2 is 1.58 bits per heavy atom. The lowest BCUT2D eigenvalue weighted by Crippen LogP contribution is -2.09. The second-order valence-corrected chi connectivity index (χ2v) is 8.29. The number of hydrogen-bond donors (Lipinski definition) is 1. The molecule has 5 heteroatoms. The summed E-state index contributed by atoms with van der Waals surface area (Å²) in [6.45, 7) is 6.30. The largest absolute Gasteiger partial charge is 0.508 e. The summed E-state index contributed by atoms with van der Waals surface area (Å²) < 4.78 is 24.8. The minimum atomic E-state index is -3.50. The zero-order chi connectivity index (χ0) is 19.0. The Hall–Kier alpha value is -1.61. The Bertz CT molecular complexity index is 717. The Balaban J connectivity index is 2.50. The number of aryl methyl sites for hydroxylation is 1. The van der Waals surface area contributed by atoms with E-state index in [-0.39, 0.29) is 19.0 Å². The molecular formula is C21H29O4P. The first kappa shape index (κ1) is 20.7. The van der Waals surface area contributed by atoms with Gasteiger partial charge < -0.3 is 14.2 Å². The Labute approximate surface area is 156 Å². The van der Waals surface area contributed by atoms with Crippen LogP contribution < -0.4 is 0 Å². The molecule has 1 unspecified atom stereocenters. The van der Waals surface area contributed by atoms with Crippen molar-refractivity contribution in [3.63, 3.8) is 0 Å². The molecule has 0 aromatic heterocycles. The first-order valence-electron chi connectivity index (χ1n) is 9.31. The highest BCUT2D eigenvalue weighted by atomic mass is 31.2. The molecule has 1 N–H and O–H groups in total. The fourth-order valence-electron chi connectivity index (χ4n) is 3.04. The van der Waals surface area contributed by atoms with Gasteiger partial charge in [-0.3, -0.25) is 4.57 Å². The molecule has 2 aromatic rings. The van der Waals surface area contributed by atoms with Crippen LogP contribution in [-0.2, 0) is 20.0 Å². The van der Waals surface area contributed by atoms with E-state index in [2.05, 4.69) is 19.1 Å². The summed E-state index contributed by atoms with van der Waals surface area (Å²) in [6, 6.07) is 15.0. The van der Waals surface area contributed by atoms with Crippen LogP contribution >= 0.6 is 7.60 Å². The number of para-hydroxylation sites is 1. The first-order chi connectivity index (χ1) is 12.6. The number of phenolic OH excluding ortho intramolecular Hbond substituents is 1. The fourth-order valence-corrected chi connectivity index (χ4v) is 5.23. The maximum Gasteiger partial charge on any atom is 0.342 e. The topological polar surface area (TPSA) is 55.8 Å². The van der Waals surface area contributed by atoms with Gasteiger partial charge in [0.25, 0.3) is 0 Å². The van der Waals surface area contributed by atoms with E-state index in [1.165, 1.54) is 5.56 Å². The van der Waals surface area contributed by atoms with Crippen LogP contribution in [0.15, 0.2) is 48.5 Å². The standard InChI is InChI=1S/C21H29O4P/c1-4-7-10-17-13-15-18(16-14-17)21(19-11-8-9-12-20(19)22)26(23,24-5-2)25-6-3/h8-9,11-16,21-22H,4-7,10H2,1-3H3. The van der Waals surface area contributed by atoms with Gasteiger partial charge in [0.2, 0.25) is 0 Å². The molecule has 2 aromatic carbocycles. The van der Waals surface area contributed by atoms with Gasteiger partial charge in [-0.05, 0) is 43.9 Å².